The van der Waals surface area contributed by atoms with E-state index in [2.05, 4.69) is 25.2 Å². The SMILES string of the molecule is CCNC(=NCCNS(=O)(=O)c1ccc(C)cc1)NCCN1CCCCC1.I. The van der Waals surface area contributed by atoms with E-state index in [0.29, 0.717) is 6.54 Å². The van der Waals surface area contributed by atoms with E-state index in [1.807, 2.05) is 13.8 Å². The molecule has 0 atom stereocenters. The van der Waals surface area contributed by atoms with Crippen LogP contribution in [0.1, 0.15) is 31.7 Å². The molecule has 0 aromatic heterocycles. The lowest BCUT2D eigenvalue weighted by molar-refractivity contribution is 0.232. The molecule has 0 bridgehead atoms. The number of sulfonamides is 1. The van der Waals surface area contributed by atoms with Crippen LogP contribution < -0.4 is 15.4 Å². The number of aryl methyl sites for hydroxylation is 1. The van der Waals surface area contributed by atoms with Crippen molar-refractivity contribution >= 4 is 40.0 Å². The van der Waals surface area contributed by atoms with Crippen LogP contribution in [0.4, 0.5) is 0 Å². The van der Waals surface area contributed by atoms with E-state index in [9.17, 15) is 8.42 Å². The topological polar surface area (TPSA) is 85.8 Å². The van der Waals surface area contributed by atoms with Gasteiger partial charge in [-0.15, -0.1) is 24.0 Å². The number of guanidine groups is 1. The molecule has 1 saturated heterocycles. The molecule has 0 amide bonds. The highest BCUT2D eigenvalue weighted by atomic mass is 127. The molecular weight excluding hydrogens is 489 g/mol. The highest BCUT2D eigenvalue weighted by Crippen LogP contribution is 2.09. The van der Waals surface area contributed by atoms with Crippen molar-refractivity contribution in [2.24, 2.45) is 4.99 Å². The van der Waals surface area contributed by atoms with E-state index in [-0.39, 0.29) is 35.4 Å². The first kappa shape index (κ1) is 25.1. The smallest absolute Gasteiger partial charge is 0.240 e. The molecule has 0 radical (unpaired) electrons. The summed E-state index contributed by atoms with van der Waals surface area (Å²) >= 11 is 0. The predicted molar refractivity (Wildman–Crippen MR) is 126 cm³/mol. The first-order valence-corrected chi connectivity index (χ1v) is 11.3. The highest BCUT2D eigenvalue weighted by molar-refractivity contribution is 14.0. The molecule has 1 fully saturated rings. The van der Waals surface area contributed by atoms with Crippen molar-refractivity contribution in [3.05, 3.63) is 29.8 Å². The van der Waals surface area contributed by atoms with Gasteiger partial charge in [0.15, 0.2) is 5.96 Å². The van der Waals surface area contributed by atoms with Gasteiger partial charge in [0.1, 0.15) is 0 Å². The molecule has 160 valence electrons. The Kier molecular flexibility index (Phi) is 12.0. The first-order chi connectivity index (χ1) is 13.0. The van der Waals surface area contributed by atoms with Gasteiger partial charge < -0.3 is 15.5 Å². The number of halogens is 1. The minimum absolute atomic E-state index is 0. The second-order valence-corrected chi connectivity index (χ2v) is 8.57. The second-order valence-electron chi connectivity index (χ2n) is 6.80. The summed E-state index contributed by atoms with van der Waals surface area (Å²) in [7, 11) is -3.49. The number of likely N-dealkylation sites (tertiary alicyclic amines) is 1. The van der Waals surface area contributed by atoms with Crippen molar-refractivity contribution in [2.45, 2.75) is 38.0 Å². The van der Waals surface area contributed by atoms with Gasteiger partial charge in [0, 0.05) is 26.2 Å². The van der Waals surface area contributed by atoms with Gasteiger partial charge in [0.2, 0.25) is 10.0 Å². The van der Waals surface area contributed by atoms with Crippen LogP contribution in [0.2, 0.25) is 0 Å². The Labute approximate surface area is 186 Å². The molecule has 0 saturated carbocycles. The summed E-state index contributed by atoms with van der Waals surface area (Å²) in [4.78, 5) is 7.21. The van der Waals surface area contributed by atoms with E-state index in [4.69, 9.17) is 0 Å². The predicted octanol–water partition coefficient (Wildman–Crippen LogP) is 1.93. The summed E-state index contributed by atoms with van der Waals surface area (Å²) in [5.74, 6) is 0.726. The van der Waals surface area contributed by atoms with E-state index in [1.165, 1.54) is 32.4 Å². The van der Waals surface area contributed by atoms with E-state index >= 15 is 0 Å². The number of rotatable bonds is 9. The van der Waals surface area contributed by atoms with Gasteiger partial charge in [0.25, 0.3) is 0 Å². The van der Waals surface area contributed by atoms with Crippen molar-refractivity contribution < 1.29 is 8.42 Å². The molecule has 1 aromatic carbocycles. The number of hydrogen-bond donors (Lipinski definition) is 3. The summed E-state index contributed by atoms with van der Waals surface area (Å²) < 4.78 is 27.1. The van der Waals surface area contributed by atoms with Gasteiger partial charge in [-0.05, 0) is 51.9 Å². The maximum absolute atomic E-state index is 12.3. The van der Waals surface area contributed by atoms with Gasteiger partial charge >= 0.3 is 0 Å². The fourth-order valence-corrected chi connectivity index (χ4v) is 4.03. The van der Waals surface area contributed by atoms with Crippen molar-refractivity contribution in [1.29, 1.82) is 0 Å². The molecule has 1 aliphatic rings. The fraction of sp³-hybridized carbons (Fsp3) is 0.632. The molecule has 1 aliphatic heterocycles. The van der Waals surface area contributed by atoms with Crippen LogP contribution in [0, 0.1) is 6.92 Å². The number of benzene rings is 1. The Morgan fingerprint density at radius 2 is 1.75 bits per heavy atom. The maximum atomic E-state index is 12.3. The molecule has 1 aromatic rings. The van der Waals surface area contributed by atoms with Crippen molar-refractivity contribution in [3.8, 4) is 0 Å². The quantitative estimate of drug-likeness (QED) is 0.199. The van der Waals surface area contributed by atoms with E-state index in [1.54, 1.807) is 24.3 Å². The zero-order valence-electron chi connectivity index (χ0n) is 16.9. The van der Waals surface area contributed by atoms with Crippen LogP contribution in [0.3, 0.4) is 0 Å². The maximum Gasteiger partial charge on any atom is 0.240 e. The van der Waals surface area contributed by atoms with Crippen LogP contribution in [-0.4, -0.2) is 65.1 Å². The van der Waals surface area contributed by atoms with Gasteiger partial charge in [-0.2, -0.15) is 0 Å². The average molecular weight is 523 g/mol. The molecule has 0 unspecified atom stereocenters. The summed E-state index contributed by atoms with van der Waals surface area (Å²) in [6.07, 6.45) is 3.91. The molecule has 28 heavy (non-hydrogen) atoms. The normalized spacial score (nSPS) is 15.7. The van der Waals surface area contributed by atoms with Gasteiger partial charge in [-0.3, -0.25) is 4.99 Å². The fourth-order valence-electron chi connectivity index (χ4n) is 3.01. The van der Waals surface area contributed by atoms with Crippen LogP contribution in [0.5, 0.6) is 0 Å². The summed E-state index contributed by atoms with van der Waals surface area (Å²) in [6, 6.07) is 6.82. The van der Waals surface area contributed by atoms with Crippen LogP contribution in [0.25, 0.3) is 0 Å². The monoisotopic (exact) mass is 523 g/mol. The lowest BCUT2D eigenvalue weighted by Gasteiger charge is -2.26. The summed E-state index contributed by atoms with van der Waals surface area (Å²) in [5.41, 5.74) is 1.03. The number of nitrogens with zero attached hydrogens (tertiary/aromatic N) is 2. The van der Waals surface area contributed by atoms with Gasteiger partial charge in [0.05, 0.1) is 11.4 Å². The molecule has 7 nitrogen and oxygen atoms in total. The van der Waals surface area contributed by atoms with Crippen molar-refractivity contribution in [3.63, 3.8) is 0 Å². The Hall–Kier alpha value is -0.910. The zero-order chi connectivity index (χ0) is 19.5. The third-order valence-corrected chi connectivity index (χ3v) is 6.00. The highest BCUT2D eigenvalue weighted by Gasteiger charge is 2.12. The molecule has 9 heteroatoms. The number of nitrogens with one attached hydrogen (secondary N) is 3. The minimum Gasteiger partial charge on any atom is -0.357 e. The molecular formula is C19H34IN5O2S. The molecule has 0 aliphatic carbocycles. The lowest BCUT2D eigenvalue weighted by Crippen LogP contribution is -2.43. The Morgan fingerprint density at radius 1 is 1.07 bits per heavy atom. The number of aliphatic imine (C=N–C) groups is 1. The molecule has 3 N–H and O–H groups in total. The number of hydrogen-bond acceptors (Lipinski definition) is 4. The first-order valence-electron chi connectivity index (χ1n) is 9.82. The Balaban J connectivity index is 0.00000392. The van der Waals surface area contributed by atoms with Crippen LogP contribution >= 0.6 is 24.0 Å². The van der Waals surface area contributed by atoms with Crippen molar-refractivity contribution in [2.75, 3.05) is 45.8 Å². The average Bonchev–Trinajstić information content (AvgIpc) is 2.66. The lowest BCUT2D eigenvalue weighted by atomic mass is 10.1. The third-order valence-electron chi connectivity index (χ3n) is 4.52. The van der Waals surface area contributed by atoms with Crippen LogP contribution in [-0.2, 0) is 10.0 Å². The molecule has 0 spiro atoms. The van der Waals surface area contributed by atoms with Crippen LogP contribution in [0.15, 0.2) is 34.2 Å². The standard InChI is InChI=1S/C19H33N5O2S.HI/c1-3-20-19(22-13-16-24-14-5-4-6-15-24)21-11-12-23-27(25,26)18-9-7-17(2)8-10-18;/h7-10,23H,3-6,11-16H2,1-2H3,(H2,20,21,22);1H. The van der Waals surface area contributed by atoms with E-state index < -0.39 is 10.0 Å². The zero-order valence-corrected chi connectivity index (χ0v) is 20.1. The minimum atomic E-state index is -3.49. The Bertz CT molecular complexity index is 689. The molecule has 2 rings (SSSR count). The Morgan fingerprint density at radius 3 is 2.39 bits per heavy atom. The molecule has 1 heterocycles. The number of piperidine rings is 1. The largest absolute Gasteiger partial charge is 0.357 e. The second kappa shape index (κ2) is 13.3. The van der Waals surface area contributed by atoms with E-state index in [0.717, 1.165) is 31.2 Å². The summed E-state index contributed by atoms with van der Waals surface area (Å²) in [6.45, 7) is 9.55. The summed E-state index contributed by atoms with van der Waals surface area (Å²) in [5, 5.41) is 6.52. The van der Waals surface area contributed by atoms with Gasteiger partial charge in [-0.1, -0.05) is 24.1 Å². The third kappa shape index (κ3) is 9.06. The van der Waals surface area contributed by atoms with Crippen molar-refractivity contribution in [1.82, 2.24) is 20.3 Å². The van der Waals surface area contributed by atoms with Gasteiger partial charge in [-0.25, -0.2) is 13.1 Å².